The zero-order chi connectivity index (χ0) is 18.7. The number of benzene rings is 1. The van der Waals surface area contributed by atoms with Gasteiger partial charge in [0.25, 0.3) is 11.6 Å². The maximum absolute atomic E-state index is 12.5. The second-order valence-electron chi connectivity index (χ2n) is 5.19. The van der Waals surface area contributed by atoms with Gasteiger partial charge in [-0.25, -0.2) is 4.79 Å². The van der Waals surface area contributed by atoms with Crippen LogP contribution in [-0.4, -0.2) is 42.3 Å². The van der Waals surface area contributed by atoms with Gasteiger partial charge in [0.2, 0.25) is 0 Å². The SMILES string of the molecule is CCCC(C(=O)O)N1C(=O)/C(=C/c2cc([N+](=O)[O-])ccc2O)SC1=S. The Morgan fingerprint density at radius 3 is 2.76 bits per heavy atom. The number of thioether (sulfide) groups is 1. The molecule has 0 aromatic heterocycles. The number of non-ortho nitro benzene ring substituents is 1. The predicted octanol–water partition coefficient (Wildman–Crippen LogP) is 2.75. The van der Waals surface area contributed by atoms with Crippen LogP contribution in [0.5, 0.6) is 5.75 Å². The van der Waals surface area contributed by atoms with Crippen LogP contribution in [0.4, 0.5) is 5.69 Å². The number of phenols is 1. The minimum absolute atomic E-state index is 0.0806. The number of nitro benzene ring substituents is 1. The molecule has 1 atom stereocenters. The first kappa shape index (κ1) is 18.9. The summed E-state index contributed by atoms with van der Waals surface area (Å²) in [4.78, 5) is 35.3. The van der Waals surface area contributed by atoms with Gasteiger partial charge in [0, 0.05) is 17.7 Å². The smallest absolute Gasteiger partial charge is 0.326 e. The van der Waals surface area contributed by atoms with Gasteiger partial charge in [-0.05, 0) is 18.6 Å². The fraction of sp³-hybridized carbons (Fsp3) is 0.267. The van der Waals surface area contributed by atoms with Crippen molar-refractivity contribution >= 4 is 51.9 Å². The number of thiocarbonyl (C=S) groups is 1. The molecule has 0 radical (unpaired) electrons. The van der Waals surface area contributed by atoms with Crippen molar-refractivity contribution in [2.75, 3.05) is 0 Å². The number of aliphatic carboxylic acids is 1. The van der Waals surface area contributed by atoms with E-state index in [-0.39, 0.29) is 32.6 Å². The van der Waals surface area contributed by atoms with E-state index < -0.39 is 22.8 Å². The highest BCUT2D eigenvalue weighted by molar-refractivity contribution is 8.26. The molecule has 1 amide bonds. The van der Waals surface area contributed by atoms with E-state index in [1.165, 1.54) is 6.08 Å². The Hall–Kier alpha value is -2.46. The van der Waals surface area contributed by atoms with Crippen LogP contribution in [-0.2, 0) is 9.59 Å². The van der Waals surface area contributed by atoms with E-state index in [4.69, 9.17) is 12.2 Å². The molecule has 1 aliphatic heterocycles. The quantitative estimate of drug-likeness (QED) is 0.333. The number of rotatable bonds is 6. The number of carboxylic acid groups (broad SMARTS) is 1. The summed E-state index contributed by atoms with van der Waals surface area (Å²) in [5.74, 6) is -1.99. The molecular weight excluding hydrogens is 368 g/mol. The molecule has 1 saturated heterocycles. The molecule has 10 heteroatoms. The van der Waals surface area contributed by atoms with E-state index in [9.17, 15) is 29.9 Å². The highest BCUT2D eigenvalue weighted by atomic mass is 32.2. The second kappa shape index (κ2) is 7.62. The number of hydrogen-bond donors (Lipinski definition) is 2. The fourth-order valence-corrected chi connectivity index (χ4v) is 3.64. The molecule has 0 saturated carbocycles. The van der Waals surface area contributed by atoms with Gasteiger partial charge >= 0.3 is 5.97 Å². The van der Waals surface area contributed by atoms with Crippen molar-refractivity contribution in [3.8, 4) is 5.75 Å². The van der Waals surface area contributed by atoms with Crippen LogP contribution >= 0.6 is 24.0 Å². The molecule has 132 valence electrons. The average molecular weight is 382 g/mol. The number of aromatic hydroxyl groups is 1. The topological polar surface area (TPSA) is 121 Å². The zero-order valence-electron chi connectivity index (χ0n) is 13.0. The van der Waals surface area contributed by atoms with Crippen molar-refractivity contribution in [3.63, 3.8) is 0 Å². The van der Waals surface area contributed by atoms with E-state index in [0.29, 0.717) is 6.42 Å². The van der Waals surface area contributed by atoms with E-state index in [1.807, 2.05) is 0 Å². The minimum Gasteiger partial charge on any atom is -0.507 e. The number of nitro groups is 1. The van der Waals surface area contributed by atoms with Crippen molar-refractivity contribution in [2.45, 2.75) is 25.8 Å². The van der Waals surface area contributed by atoms with Crippen LogP contribution in [0.3, 0.4) is 0 Å². The molecule has 8 nitrogen and oxygen atoms in total. The summed E-state index contributed by atoms with van der Waals surface area (Å²) in [5.41, 5.74) is -0.161. The van der Waals surface area contributed by atoms with Crippen molar-refractivity contribution < 1.29 is 24.7 Å². The number of hydrogen-bond acceptors (Lipinski definition) is 7. The lowest BCUT2D eigenvalue weighted by Gasteiger charge is -2.22. The second-order valence-corrected chi connectivity index (χ2v) is 6.87. The molecule has 2 rings (SSSR count). The van der Waals surface area contributed by atoms with Gasteiger partial charge in [-0.1, -0.05) is 37.3 Å². The highest BCUT2D eigenvalue weighted by Gasteiger charge is 2.40. The first-order valence-electron chi connectivity index (χ1n) is 7.23. The van der Waals surface area contributed by atoms with Gasteiger partial charge < -0.3 is 10.2 Å². The van der Waals surface area contributed by atoms with Gasteiger partial charge in [0.1, 0.15) is 16.1 Å². The Kier molecular flexibility index (Phi) is 5.75. The number of carbonyl (C=O) groups excluding carboxylic acids is 1. The van der Waals surface area contributed by atoms with Crippen LogP contribution in [0.15, 0.2) is 23.1 Å². The monoisotopic (exact) mass is 382 g/mol. The molecule has 0 bridgehead atoms. The van der Waals surface area contributed by atoms with E-state index in [0.717, 1.165) is 34.9 Å². The van der Waals surface area contributed by atoms with Gasteiger partial charge in [-0.2, -0.15) is 0 Å². The lowest BCUT2D eigenvalue weighted by Crippen LogP contribution is -2.43. The summed E-state index contributed by atoms with van der Waals surface area (Å²) in [6.07, 6.45) is 2.07. The largest absolute Gasteiger partial charge is 0.507 e. The van der Waals surface area contributed by atoms with Gasteiger partial charge in [-0.15, -0.1) is 0 Å². The normalized spacial score (nSPS) is 17.2. The Balaban J connectivity index is 2.39. The summed E-state index contributed by atoms with van der Waals surface area (Å²) >= 11 is 6.01. The molecule has 1 heterocycles. The Morgan fingerprint density at radius 2 is 2.20 bits per heavy atom. The first-order valence-corrected chi connectivity index (χ1v) is 8.46. The molecule has 1 unspecified atom stereocenters. The zero-order valence-corrected chi connectivity index (χ0v) is 14.7. The number of nitrogens with zero attached hydrogens (tertiary/aromatic N) is 2. The van der Waals surface area contributed by atoms with Gasteiger partial charge in [0.05, 0.1) is 9.83 Å². The Bertz CT molecular complexity index is 792. The predicted molar refractivity (Wildman–Crippen MR) is 96.1 cm³/mol. The standard InChI is InChI=1S/C15H14N2O6S2/c1-2-3-10(14(20)21)16-13(19)12(25-15(16)24)7-8-6-9(17(22)23)4-5-11(8)18/h4-7,10,18H,2-3H2,1H3,(H,20,21)/b12-7-. The fourth-order valence-electron chi connectivity index (χ4n) is 2.30. The van der Waals surface area contributed by atoms with Crippen LogP contribution in [0.1, 0.15) is 25.3 Å². The third-order valence-corrected chi connectivity index (χ3v) is 4.82. The summed E-state index contributed by atoms with van der Waals surface area (Å²) in [6, 6.07) is 2.35. The molecule has 1 aromatic carbocycles. The lowest BCUT2D eigenvalue weighted by molar-refractivity contribution is -0.384. The van der Waals surface area contributed by atoms with Crippen molar-refractivity contribution in [1.82, 2.24) is 4.90 Å². The summed E-state index contributed by atoms with van der Waals surface area (Å²) in [7, 11) is 0. The number of phenolic OH excluding ortho intramolecular Hbond substituents is 1. The third-order valence-electron chi connectivity index (χ3n) is 3.49. The van der Waals surface area contributed by atoms with Crippen molar-refractivity contribution in [2.24, 2.45) is 0 Å². The maximum atomic E-state index is 12.5. The third kappa shape index (κ3) is 3.97. The molecule has 2 N–H and O–H groups in total. The van der Waals surface area contributed by atoms with E-state index >= 15 is 0 Å². The summed E-state index contributed by atoms with van der Waals surface area (Å²) < 4.78 is 0.0991. The van der Waals surface area contributed by atoms with Crippen LogP contribution < -0.4 is 0 Å². The molecule has 0 spiro atoms. The molecule has 1 aliphatic rings. The Morgan fingerprint density at radius 1 is 1.52 bits per heavy atom. The van der Waals surface area contributed by atoms with Gasteiger partial charge in [-0.3, -0.25) is 19.8 Å². The molecular formula is C15H14N2O6S2. The van der Waals surface area contributed by atoms with Crippen molar-refractivity contribution in [1.29, 1.82) is 0 Å². The minimum atomic E-state index is -1.16. The van der Waals surface area contributed by atoms with E-state index in [1.54, 1.807) is 6.92 Å². The number of carbonyl (C=O) groups is 2. The molecule has 0 aliphatic carbocycles. The molecule has 1 aromatic rings. The average Bonchev–Trinajstić information content (AvgIpc) is 2.81. The highest BCUT2D eigenvalue weighted by Crippen LogP contribution is 2.36. The van der Waals surface area contributed by atoms with Crippen LogP contribution in [0, 0.1) is 10.1 Å². The number of carboxylic acids is 1. The summed E-state index contributed by atoms with van der Waals surface area (Å²) in [6.45, 7) is 1.80. The van der Waals surface area contributed by atoms with Gasteiger partial charge in [0.15, 0.2) is 0 Å². The van der Waals surface area contributed by atoms with Crippen LogP contribution in [0.25, 0.3) is 6.08 Å². The molecule has 1 fully saturated rings. The number of amides is 1. The summed E-state index contributed by atoms with van der Waals surface area (Å²) in [5, 5.41) is 30.0. The van der Waals surface area contributed by atoms with Crippen LogP contribution in [0.2, 0.25) is 0 Å². The lowest BCUT2D eigenvalue weighted by atomic mass is 10.1. The Labute approximate surface area is 152 Å². The molecule has 25 heavy (non-hydrogen) atoms. The first-order chi connectivity index (χ1) is 11.8. The van der Waals surface area contributed by atoms with E-state index in [2.05, 4.69) is 0 Å². The van der Waals surface area contributed by atoms with Crippen molar-refractivity contribution in [3.05, 3.63) is 38.8 Å². The maximum Gasteiger partial charge on any atom is 0.326 e.